The molecule has 0 aliphatic carbocycles. The fraction of sp³-hybridized carbons (Fsp3) is 0.472. The standard InChI is InChI=1S/C32H43N5O7.C4H8/c1-9-15-22(10-2)19-42-20-24(34-29(40)32(7,8)36-30(41)44-31(4,5)6)27(38)35-25-18-37(21-33-25)26(28(39)43-11-3)23-16-13-12-14-17-23;1-3-4-2/h10,12-14,16-18,21,24,26H,11,19-20H2,1-8H3,(H,34,40)(H,35,38)(H,36,41);3-4H,1-2H3/b22-10+;4-3-/t24-,26?;/m1./s1. The van der Waals surface area contributed by atoms with Gasteiger partial charge in [0.1, 0.15) is 17.2 Å². The maximum absolute atomic E-state index is 13.4. The fourth-order valence-corrected chi connectivity index (χ4v) is 3.82. The van der Waals surface area contributed by atoms with Gasteiger partial charge in [-0.2, -0.15) is 0 Å². The zero-order valence-corrected chi connectivity index (χ0v) is 29.8. The summed E-state index contributed by atoms with van der Waals surface area (Å²) in [5, 5.41) is 7.85. The lowest BCUT2D eigenvalue weighted by molar-refractivity contribution is -0.145. The zero-order chi connectivity index (χ0) is 36.3. The van der Waals surface area contributed by atoms with Crippen LogP contribution in [0.3, 0.4) is 0 Å². The minimum Gasteiger partial charge on any atom is -0.464 e. The number of imidazole rings is 1. The van der Waals surface area contributed by atoms with E-state index in [1.807, 2.05) is 39.0 Å². The van der Waals surface area contributed by atoms with E-state index in [1.165, 1.54) is 30.9 Å². The zero-order valence-electron chi connectivity index (χ0n) is 29.8. The van der Waals surface area contributed by atoms with E-state index in [1.54, 1.807) is 65.0 Å². The smallest absolute Gasteiger partial charge is 0.408 e. The summed E-state index contributed by atoms with van der Waals surface area (Å²) >= 11 is 0. The number of anilines is 1. The highest BCUT2D eigenvalue weighted by atomic mass is 16.6. The van der Waals surface area contributed by atoms with Crippen molar-refractivity contribution in [3.05, 3.63) is 72.2 Å². The Labute approximate surface area is 284 Å². The Balaban J connectivity index is 0.00000272. The Kier molecular flexibility index (Phi) is 17.5. The molecule has 48 heavy (non-hydrogen) atoms. The summed E-state index contributed by atoms with van der Waals surface area (Å²) in [7, 11) is 0. The van der Waals surface area contributed by atoms with Gasteiger partial charge in [-0.05, 0) is 74.8 Å². The third-order valence-electron chi connectivity index (χ3n) is 6.29. The van der Waals surface area contributed by atoms with Crippen LogP contribution in [0.15, 0.2) is 66.7 Å². The first-order chi connectivity index (χ1) is 22.6. The monoisotopic (exact) mass is 665 g/mol. The summed E-state index contributed by atoms with van der Waals surface area (Å²) < 4.78 is 17.8. The number of hydrogen-bond donors (Lipinski definition) is 3. The van der Waals surface area contributed by atoms with E-state index in [0.717, 1.165) is 0 Å². The highest BCUT2D eigenvalue weighted by Gasteiger charge is 2.35. The number of amides is 3. The first-order valence-electron chi connectivity index (χ1n) is 15.7. The maximum atomic E-state index is 13.4. The number of aromatic nitrogens is 2. The number of carbonyl (C=O) groups is 4. The molecule has 262 valence electrons. The SMILES string of the molecule is C/C=C\C.CC#C/C(=C\C)COC[C@@H](NC(=O)C(C)(C)NC(=O)OC(C)(C)C)C(=O)Nc1cn(C(C(=O)OCC)c2ccccc2)cn1. The third-order valence-corrected chi connectivity index (χ3v) is 6.29. The number of esters is 1. The number of carbonyl (C=O) groups excluding carboxylic acids is 4. The van der Waals surface area contributed by atoms with Crippen molar-refractivity contribution in [2.75, 3.05) is 25.1 Å². The van der Waals surface area contributed by atoms with Gasteiger partial charge in [0.05, 0.1) is 26.1 Å². The van der Waals surface area contributed by atoms with Crippen LogP contribution >= 0.6 is 0 Å². The number of hydrogen-bond acceptors (Lipinski definition) is 8. The molecule has 0 saturated carbocycles. The van der Waals surface area contributed by atoms with Gasteiger partial charge >= 0.3 is 12.1 Å². The van der Waals surface area contributed by atoms with Crippen LogP contribution in [0.1, 0.15) is 80.8 Å². The van der Waals surface area contributed by atoms with Crippen molar-refractivity contribution in [1.82, 2.24) is 20.2 Å². The van der Waals surface area contributed by atoms with Crippen LogP contribution in [-0.4, -0.2) is 70.4 Å². The maximum Gasteiger partial charge on any atom is 0.408 e. The topological polar surface area (TPSA) is 150 Å². The second-order valence-electron chi connectivity index (χ2n) is 11.9. The molecule has 0 radical (unpaired) electrons. The van der Waals surface area contributed by atoms with Gasteiger partial charge in [-0.1, -0.05) is 54.5 Å². The van der Waals surface area contributed by atoms with Crippen LogP contribution in [0.5, 0.6) is 0 Å². The number of alkyl carbamates (subject to hydrolysis) is 1. The van der Waals surface area contributed by atoms with Crippen molar-refractivity contribution in [3.63, 3.8) is 0 Å². The number of benzene rings is 1. The van der Waals surface area contributed by atoms with E-state index < -0.39 is 47.1 Å². The predicted molar refractivity (Wildman–Crippen MR) is 186 cm³/mol. The average Bonchev–Trinajstić information content (AvgIpc) is 3.46. The minimum atomic E-state index is -1.44. The van der Waals surface area contributed by atoms with Crippen molar-refractivity contribution in [3.8, 4) is 11.8 Å². The molecule has 12 nitrogen and oxygen atoms in total. The fourth-order valence-electron chi connectivity index (χ4n) is 3.82. The lowest BCUT2D eigenvalue weighted by Crippen LogP contribution is -2.59. The predicted octanol–water partition coefficient (Wildman–Crippen LogP) is 5.33. The molecule has 1 aromatic carbocycles. The van der Waals surface area contributed by atoms with Crippen molar-refractivity contribution in [2.24, 2.45) is 0 Å². The highest BCUT2D eigenvalue weighted by Crippen LogP contribution is 2.22. The van der Waals surface area contributed by atoms with Gasteiger partial charge in [-0.25, -0.2) is 14.6 Å². The van der Waals surface area contributed by atoms with E-state index in [-0.39, 0.29) is 25.6 Å². The Morgan fingerprint density at radius 1 is 1.02 bits per heavy atom. The van der Waals surface area contributed by atoms with Crippen molar-refractivity contribution >= 4 is 29.7 Å². The molecule has 0 aliphatic heterocycles. The van der Waals surface area contributed by atoms with Crippen LogP contribution in [0, 0.1) is 11.8 Å². The highest BCUT2D eigenvalue weighted by molar-refractivity contribution is 5.98. The normalized spacial score (nSPS) is 12.8. The van der Waals surface area contributed by atoms with Crippen LogP contribution < -0.4 is 16.0 Å². The molecule has 0 spiro atoms. The van der Waals surface area contributed by atoms with Gasteiger partial charge in [0.15, 0.2) is 11.9 Å². The minimum absolute atomic E-state index is 0.115. The van der Waals surface area contributed by atoms with Gasteiger partial charge in [-0.3, -0.25) is 9.59 Å². The summed E-state index contributed by atoms with van der Waals surface area (Å²) in [6.45, 7) is 17.4. The number of nitrogens with zero attached hydrogens (tertiary/aromatic N) is 2. The first kappa shape index (κ1) is 41.1. The first-order valence-corrected chi connectivity index (χ1v) is 15.7. The molecule has 0 bridgehead atoms. The van der Waals surface area contributed by atoms with E-state index >= 15 is 0 Å². The number of ether oxygens (including phenoxy) is 3. The van der Waals surface area contributed by atoms with E-state index in [4.69, 9.17) is 14.2 Å². The van der Waals surface area contributed by atoms with E-state index in [9.17, 15) is 19.2 Å². The molecule has 3 amide bonds. The van der Waals surface area contributed by atoms with Gasteiger partial charge in [0, 0.05) is 11.8 Å². The molecule has 0 fully saturated rings. The lowest BCUT2D eigenvalue weighted by Gasteiger charge is -2.29. The molecule has 1 heterocycles. The molecule has 0 aliphatic rings. The largest absolute Gasteiger partial charge is 0.464 e. The van der Waals surface area contributed by atoms with Crippen LogP contribution in [0.4, 0.5) is 10.6 Å². The molecule has 3 N–H and O–H groups in total. The van der Waals surface area contributed by atoms with Gasteiger partial charge < -0.3 is 34.7 Å². The van der Waals surface area contributed by atoms with E-state index in [2.05, 4.69) is 32.8 Å². The van der Waals surface area contributed by atoms with Crippen LogP contribution in [-0.2, 0) is 28.6 Å². The van der Waals surface area contributed by atoms with Crippen molar-refractivity contribution < 1.29 is 33.4 Å². The Morgan fingerprint density at radius 2 is 1.67 bits per heavy atom. The van der Waals surface area contributed by atoms with Gasteiger partial charge in [0.2, 0.25) is 5.91 Å². The molecule has 0 saturated heterocycles. The van der Waals surface area contributed by atoms with Crippen LogP contribution in [0.2, 0.25) is 0 Å². The Morgan fingerprint density at radius 3 is 2.21 bits per heavy atom. The Bertz CT molecular complexity index is 1460. The molecule has 2 rings (SSSR count). The lowest BCUT2D eigenvalue weighted by atomic mass is 10.0. The molecular weight excluding hydrogens is 614 g/mol. The summed E-state index contributed by atoms with van der Waals surface area (Å²) in [5.74, 6) is 4.08. The van der Waals surface area contributed by atoms with Crippen molar-refractivity contribution in [1.29, 1.82) is 0 Å². The van der Waals surface area contributed by atoms with Gasteiger partial charge in [0.25, 0.3) is 5.91 Å². The average molecular weight is 666 g/mol. The summed E-state index contributed by atoms with van der Waals surface area (Å²) in [6, 6.07) is 7.01. The second-order valence-corrected chi connectivity index (χ2v) is 11.9. The number of nitrogens with one attached hydrogen (secondary N) is 3. The second kappa shape index (κ2) is 20.4. The molecule has 1 unspecified atom stereocenters. The van der Waals surface area contributed by atoms with Crippen molar-refractivity contribution in [2.45, 2.75) is 92.5 Å². The Hall–Kier alpha value is -4.89. The molecule has 12 heteroatoms. The van der Waals surface area contributed by atoms with E-state index in [0.29, 0.717) is 11.1 Å². The van der Waals surface area contributed by atoms with Crippen LogP contribution in [0.25, 0.3) is 0 Å². The summed E-state index contributed by atoms with van der Waals surface area (Å²) in [6.07, 6.45) is 7.90. The quantitative estimate of drug-likeness (QED) is 0.148. The molecule has 2 atom stereocenters. The number of allylic oxidation sites excluding steroid dienone is 3. The molecule has 1 aromatic heterocycles. The molecular formula is C36H51N5O7. The summed E-state index contributed by atoms with van der Waals surface area (Å²) in [5.41, 5.74) is -0.827. The summed E-state index contributed by atoms with van der Waals surface area (Å²) in [4.78, 5) is 56.1. The molecule has 2 aromatic rings. The third kappa shape index (κ3) is 14.7. The van der Waals surface area contributed by atoms with Gasteiger partial charge in [-0.15, -0.1) is 5.92 Å². The number of rotatable bonds is 13.